The maximum Gasteiger partial charge on any atom is 0.0405 e. The molecule has 1 aromatic rings. The molecule has 0 spiro atoms. The van der Waals surface area contributed by atoms with Gasteiger partial charge >= 0.3 is 0 Å². The van der Waals surface area contributed by atoms with Crippen molar-refractivity contribution < 1.29 is 0 Å². The lowest BCUT2D eigenvalue weighted by molar-refractivity contribution is 0.640. The van der Waals surface area contributed by atoms with Gasteiger partial charge in [-0.15, -0.1) is 0 Å². The minimum atomic E-state index is 0.443. The van der Waals surface area contributed by atoms with Gasteiger partial charge < -0.3 is 10.2 Å². The number of benzene rings is 1. The minimum absolute atomic E-state index is 0.443. The molecule has 2 unspecified atom stereocenters. The molecule has 88 valence electrons. The summed E-state index contributed by atoms with van der Waals surface area (Å²) in [4.78, 5) is 2.50. The molecule has 0 fully saturated rings. The second-order valence-corrected chi connectivity index (χ2v) is 4.69. The summed E-state index contributed by atoms with van der Waals surface area (Å²) in [5, 5.41) is 3.34. The Hall–Kier alpha value is -1.02. The number of fused-ring (bicyclic) bond motifs is 1. The van der Waals surface area contributed by atoms with Crippen LogP contribution in [0, 0.1) is 0 Å². The number of rotatable bonds is 3. The molecular weight excluding hydrogens is 196 g/mol. The first-order valence-electron chi connectivity index (χ1n) is 6.24. The Labute approximate surface area is 98.7 Å². The van der Waals surface area contributed by atoms with Gasteiger partial charge in [0.1, 0.15) is 0 Å². The van der Waals surface area contributed by atoms with Crippen molar-refractivity contribution in [2.45, 2.75) is 39.3 Å². The van der Waals surface area contributed by atoms with Crippen LogP contribution in [-0.2, 0) is 6.42 Å². The smallest absolute Gasteiger partial charge is 0.0405 e. The zero-order valence-corrected chi connectivity index (χ0v) is 10.7. The fourth-order valence-corrected chi connectivity index (χ4v) is 2.77. The van der Waals surface area contributed by atoms with Crippen molar-refractivity contribution >= 4 is 5.69 Å². The third kappa shape index (κ3) is 1.71. The van der Waals surface area contributed by atoms with Crippen LogP contribution in [0.3, 0.4) is 0 Å². The molecule has 2 rings (SSSR count). The van der Waals surface area contributed by atoms with Crippen LogP contribution in [-0.4, -0.2) is 19.6 Å². The summed E-state index contributed by atoms with van der Waals surface area (Å²) in [7, 11) is 2.03. The average molecular weight is 218 g/mol. The fourth-order valence-electron chi connectivity index (χ4n) is 2.77. The van der Waals surface area contributed by atoms with Crippen molar-refractivity contribution in [1.82, 2.24) is 5.32 Å². The first kappa shape index (κ1) is 11.5. The molecular formula is C14H22N2. The van der Waals surface area contributed by atoms with Crippen molar-refractivity contribution in [3.05, 3.63) is 29.3 Å². The van der Waals surface area contributed by atoms with Crippen LogP contribution < -0.4 is 10.2 Å². The molecule has 0 saturated carbocycles. The summed E-state index contributed by atoms with van der Waals surface area (Å²) in [5.74, 6) is 0. The van der Waals surface area contributed by atoms with E-state index in [-0.39, 0.29) is 0 Å². The summed E-state index contributed by atoms with van der Waals surface area (Å²) < 4.78 is 0. The molecule has 1 aromatic carbocycles. The Kier molecular flexibility index (Phi) is 3.20. The lowest BCUT2D eigenvalue weighted by atomic mass is 9.98. The SMILES string of the molecule is CCN1c2cccc(C(C)NC)c2CC1C. The molecule has 1 aliphatic rings. The van der Waals surface area contributed by atoms with Crippen LogP contribution >= 0.6 is 0 Å². The number of hydrogen-bond acceptors (Lipinski definition) is 2. The maximum atomic E-state index is 3.34. The van der Waals surface area contributed by atoms with E-state index in [0.717, 1.165) is 6.54 Å². The number of hydrogen-bond donors (Lipinski definition) is 1. The van der Waals surface area contributed by atoms with Crippen LogP contribution in [0.5, 0.6) is 0 Å². The zero-order chi connectivity index (χ0) is 11.7. The minimum Gasteiger partial charge on any atom is -0.369 e. The average Bonchev–Trinajstić information content (AvgIpc) is 2.63. The predicted molar refractivity (Wildman–Crippen MR) is 70.1 cm³/mol. The third-order valence-electron chi connectivity index (χ3n) is 3.77. The van der Waals surface area contributed by atoms with Gasteiger partial charge in [0.2, 0.25) is 0 Å². The maximum absolute atomic E-state index is 3.34. The molecule has 1 N–H and O–H groups in total. The molecule has 16 heavy (non-hydrogen) atoms. The predicted octanol–water partition coefficient (Wildman–Crippen LogP) is 2.74. The quantitative estimate of drug-likeness (QED) is 0.839. The second-order valence-electron chi connectivity index (χ2n) is 4.69. The molecule has 2 atom stereocenters. The highest BCUT2D eigenvalue weighted by Gasteiger charge is 2.27. The van der Waals surface area contributed by atoms with Gasteiger partial charge in [-0.25, -0.2) is 0 Å². The van der Waals surface area contributed by atoms with Crippen LogP contribution in [0.25, 0.3) is 0 Å². The first-order chi connectivity index (χ1) is 7.69. The van der Waals surface area contributed by atoms with Gasteiger partial charge in [0.25, 0.3) is 0 Å². The Morgan fingerprint density at radius 1 is 1.50 bits per heavy atom. The standard InChI is InChI=1S/C14H22N2/c1-5-16-10(2)9-13-12(11(3)15-4)7-6-8-14(13)16/h6-8,10-11,15H,5,9H2,1-4H3. The molecule has 0 amide bonds. The monoisotopic (exact) mass is 218 g/mol. The second kappa shape index (κ2) is 4.46. The van der Waals surface area contributed by atoms with Crippen molar-refractivity contribution in [2.75, 3.05) is 18.5 Å². The van der Waals surface area contributed by atoms with E-state index in [0.29, 0.717) is 12.1 Å². The molecule has 0 aliphatic carbocycles. The van der Waals surface area contributed by atoms with Gasteiger partial charge in [0.05, 0.1) is 0 Å². The van der Waals surface area contributed by atoms with Crippen molar-refractivity contribution in [1.29, 1.82) is 0 Å². The van der Waals surface area contributed by atoms with Gasteiger partial charge in [-0.3, -0.25) is 0 Å². The van der Waals surface area contributed by atoms with Gasteiger partial charge in [-0.2, -0.15) is 0 Å². The largest absolute Gasteiger partial charge is 0.369 e. The summed E-state index contributed by atoms with van der Waals surface area (Å²) in [6.07, 6.45) is 1.19. The summed E-state index contributed by atoms with van der Waals surface area (Å²) >= 11 is 0. The number of nitrogens with one attached hydrogen (secondary N) is 1. The van der Waals surface area contributed by atoms with E-state index in [9.17, 15) is 0 Å². The van der Waals surface area contributed by atoms with Gasteiger partial charge in [0, 0.05) is 24.3 Å². The summed E-state index contributed by atoms with van der Waals surface area (Å²) in [6.45, 7) is 7.89. The summed E-state index contributed by atoms with van der Waals surface area (Å²) in [5.41, 5.74) is 4.44. The normalized spacial score (nSPS) is 21.0. The highest BCUT2D eigenvalue weighted by atomic mass is 15.2. The number of likely N-dealkylation sites (N-methyl/N-ethyl adjacent to an activating group) is 1. The van der Waals surface area contributed by atoms with E-state index < -0.39 is 0 Å². The van der Waals surface area contributed by atoms with Crippen molar-refractivity contribution in [3.8, 4) is 0 Å². The van der Waals surface area contributed by atoms with Crippen molar-refractivity contribution in [2.24, 2.45) is 0 Å². The molecule has 2 heteroatoms. The van der Waals surface area contributed by atoms with Gasteiger partial charge in [-0.05, 0) is 51.4 Å². The van der Waals surface area contributed by atoms with Gasteiger partial charge in [0.15, 0.2) is 0 Å². The summed E-state index contributed by atoms with van der Waals surface area (Å²) in [6, 6.07) is 7.78. The molecule has 1 aliphatic heterocycles. The molecule has 0 saturated heterocycles. The van der Waals surface area contributed by atoms with Gasteiger partial charge in [-0.1, -0.05) is 12.1 Å². The topological polar surface area (TPSA) is 15.3 Å². The highest BCUT2D eigenvalue weighted by molar-refractivity contribution is 5.62. The van der Waals surface area contributed by atoms with Crippen LogP contribution in [0.2, 0.25) is 0 Å². The van der Waals surface area contributed by atoms with Crippen molar-refractivity contribution in [3.63, 3.8) is 0 Å². The molecule has 0 bridgehead atoms. The molecule has 0 radical (unpaired) electrons. The Bertz CT molecular complexity index is 373. The first-order valence-corrected chi connectivity index (χ1v) is 6.24. The molecule has 2 nitrogen and oxygen atoms in total. The van der Waals surface area contributed by atoms with E-state index in [1.54, 1.807) is 5.56 Å². The van der Waals surface area contributed by atoms with Crippen LogP contribution in [0.15, 0.2) is 18.2 Å². The van der Waals surface area contributed by atoms with E-state index in [1.807, 2.05) is 7.05 Å². The number of anilines is 1. The zero-order valence-electron chi connectivity index (χ0n) is 10.7. The molecule has 1 heterocycles. The fraction of sp³-hybridized carbons (Fsp3) is 0.571. The van der Waals surface area contributed by atoms with E-state index >= 15 is 0 Å². The Balaban J connectivity index is 2.43. The van der Waals surface area contributed by atoms with E-state index in [4.69, 9.17) is 0 Å². The number of nitrogens with zero attached hydrogens (tertiary/aromatic N) is 1. The van der Waals surface area contributed by atoms with E-state index in [1.165, 1.54) is 17.7 Å². The lowest BCUT2D eigenvalue weighted by Gasteiger charge is -2.23. The molecule has 0 aromatic heterocycles. The van der Waals surface area contributed by atoms with E-state index in [2.05, 4.69) is 49.2 Å². The Morgan fingerprint density at radius 2 is 2.25 bits per heavy atom. The van der Waals surface area contributed by atoms with Crippen LogP contribution in [0.1, 0.15) is 37.9 Å². The lowest BCUT2D eigenvalue weighted by Crippen LogP contribution is -2.28. The third-order valence-corrected chi connectivity index (χ3v) is 3.77. The highest BCUT2D eigenvalue weighted by Crippen LogP contribution is 2.36. The Morgan fingerprint density at radius 3 is 2.88 bits per heavy atom. The van der Waals surface area contributed by atoms with Crippen LogP contribution in [0.4, 0.5) is 5.69 Å².